The third-order valence-corrected chi connectivity index (χ3v) is 4.86. The van der Waals surface area contributed by atoms with E-state index in [1.807, 2.05) is 30.3 Å². The van der Waals surface area contributed by atoms with Gasteiger partial charge in [0.05, 0.1) is 12.6 Å². The monoisotopic (exact) mass is 454 g/mol. The first-order chi connectivity index (χ1) is 14.6. The summed E-state index contributed by atoms with van der Waals surface area (Å²) in [5, 5.41) is 25.2. The Kier molecular flexibility index (Phi) is 11.0. The van der Waals surface area contributed by atoms with Crippen LogP contribution in [0.2, 0.25) is 0 Å². The summed E-state index contributed by atoms with van der Waals surface area (Å²) in [6, 6.07) is 4.63. The van der Waals surface area contributed by atoms with Crippen molar-refractivity contribution in [3.63, 3.8) is 0 Å². The standard InChI is InChI=1S/C20H30N4O6S/c1-11(2)16(19(28)22-14(9-25)20(29)30)24-18(27)15(10-31)23-17(26)13(21)8-12-6-4-3-5-7-12/h3-7,11,13-16,25,31H,8-10,21H2,1-2H3,(H,22,28)(H,23,26)(H,24,27)(H,29,30). The number of benzene rings is 1. The Morgan fingerprint density at radius 2 is 1.55 bits per heavy atom. The highest BCUT2D eigenvalue weighted by atomic mass is 32.1. The van der Waals surface area contributed by atoms with E-state index in [4.69, 9.17) is 15.9 Å². The first-order valence-corrected chi connectivity index (χ1v) is 10.4. The highest BCUT2D eigenvalue weighted by Gasteiger charge is 2.31. The summed E-state index contributed by atoms with van der Waals surface area (Å²) in [6.45, 7) is 2.51. The molecule has 0 heterocycles. The van der Waals surface area contributed by atoms with Gasteiger partial charge in [0.15, 0.2) is 0 Å². The number of carbonyl (C=O) groups excluding carboxylic acids is 3. The van der Waals surface area contributed by atoms with Crippen molar-refractivity contribution in [1.29, 1.82) is 0 Å². The molecule has 0 aliphatic heterocycles. The Hall–Kier alpha value is -2.63. The van der Waals surface area contributed by atoms with E-state index in [0.29, 0.717) is 0 Å². The SMILES string of the molecule is CC(C)C(NC(=O)C(CS)NC(=O)C(N)Cc1ccccc1)C(=O)NC(CO)C(=O)O. The molecular formula is C20H30N4O6S. The molecule has 3 amide bonds. The molecule has 0 aromatic heterocycles. The van der Waals surface area contributed by atoms with Gasteiger partial charge in [-0.25, -0.2) is 4.79 Å². The molecule has 0 saturated carbocycles. The van der Waals surface area contributed by atoms with E-state index < -0.39 is 60.4 Å². The summed E-state index contributed by atoms with van der Waals surface area (Å²) in [4.78, 5) is 48.5. The summed E-state index contributed by atoms with van der Waals surface area (Å²) in [5.74, 6) is -3.83. The molecule has 0 radical (unpaired) electrons. The quantitative estimate of drug-likeness (QED) is 0.192. The fraction of sp³-hybridized carbons (Fsp3) is 0.500. The number of rotatable bonds is 12. The van der Waals surface area contributed by atoms with Crippen molar-refractivity contribution in [2.24, 2.45) is 11.7 Å². The molecule has 11 heteroatoms. The van der Waals surface area contributed by atoms with Gasteiger partial charge >= 0.3 is 5.97 Å². The average molecular weight is 455 g/mol. The second-order valence-electron chi connectivity index (χ2n) is 7.35. The van der Waals surface area contributed by atoms with Crippen molar-refractivity contribution in [3.8, 4) is 0 Å². The Bertz CT molecular complexity index is 761. The molecule has 4 unspecified atom stereocenters. The van der Waals surface area contributed by atoms with Gasteiger partial charge in [-0.15, -0.1) is 0 Å². The molecule has 0 fully saturated rings. The van der Waals surface area contributed by atoms with Crippen LogP contribution >= 0.6 is 12.6 Å². The van der Waals surface area contributed by atoms with Gasteiger partial charge < -0.3 is 31.9 Å². The number of carboxylic acid groups (broad SMARTS) is 1. The fourth-order valence-electron chi connectivity index (χ4n) is 2.67. The minimum Gasteiger partial charge on any atom is -0.480 e. The van der Waals surface area contributed by atoms with E-state index >= 15 is 0 Å². The number of aliphatic hydroxyl groups excluding tert-OH is 1. The Labute approximate surface area is 186 Å². The molecule has 1 aromatic rings. The number of carbonyl (C=O) groups is 4. The van der Waals surface area contributed by atoms with E-state index in [-0.39, 0.29) is 12.2 Å². The molecule has 0 saturated heterocycles. The molecule has 0 bridgehead atoms. The van der Waals surface area contributed by atoms with Crippen LogP contribution in [0.5, 0.6) is 0 Å². The van der Waals surface area contributed by atoms with E-state index in [1.54, 1.807) is 13.8 Å². The smallest absolute Gasteiger partial charge is 0.328 e. The summed E-state index contributed by atoms with van der Waals surface area (Å²) in [6.07, 6.45) is 0.280. The van der Waals surface area contributed by atoms with Gasteiger partial charge in [-0.3, -0.25) is 14.4 Å². The lowest BCUT2D eigenvalue weighted by Crippen LogP contribution is -2.59. The third-order valence-electron chi connectivity index (χ3n) is 4.49. The fourth-order valence-corrected chi connectivity index (χ4v) is 2.93. The lowest BCUT2D eigenvalue weighted by molar-refractivity contribution is -0.143. The molecule has 4 atom stereocenters. The zero-order chi connectivity index (χ0) is 23.6. The van der Waals surface area contributed by atoms with Crippen molar-refractivity contribution in [3.05, 3.63) is 35.9 Å². The number of amides is 3. The van der Waals surface area contributed by atoms with Crippen molar-refractivity contribution in [2.45, 2.75) is 44.4 Å². The predicted molar refractivity (Wildman–Crippen MR) is 117 cm³/mol. The normalized spacial score (nSPS) is 14.8. The maximum Gasteiger partial charge on any atom is 0.328 e. The third kappa shape index (κ3) is 8.56. The average Bonchev–Trinajstić information content (AvgIpc) is 2.73. The van der Waals surface area contributed by atoms with Gasteiger partial charge in [0.2, 0.25) is 17.7 Å². The molecule has 1 rings (SSSR count). The van der Waals surface area contributed by atoms with Crippen LogP contribution < -0.4 is 21.7 Å². The molecule has 0 aliphatic rings. The zero-order valence-electron chi connectivity index (χ0n) is 17.4. The van der Waals surface area contributed by atoms with Crippen LogP contribution in [0.25, 0.3) is 0 Å². The topological polar surface area (TPSA) is 171 Å². The van der Waals surface area contributed by atoms with Crippen LogP contribution in [0, 0.1) is 5.92 Å². The second-order valence-corrected chi connectivity index (χ2v) is 7.72. The Balaban J connectivity index is 2.76. The number of nitrogens with two attached hydrogens (primary N) is 1. The van der Waals surface area contributed by atoms with Gasteiger partial charge in [-0.05, 0) is 17.9 Å². The molecule has 172 valence electrons. The Morgan fingerprint density at radius 3 is 2.03 bits per heavy atom. The summed E-state index contributed by atoms with van der Waals surface area (Å²) < 4.78 is 0. The first-order valence-electron chi connectivity index (χ1n) is 9.75. The van der Waals surface area contributed by atoms with Crippen LogP contribution in [-0.4, -0.2) is 70.4 Å². The maximum atomic E-state index is 12.6. The number of thiol groups is 1. The van der Waals surface area contributed by atoms with Crippen molar-refractivity contribution in [1.82, 2.24) is 16.0 Å². The number of carboxylic acids is 1. The van der Waals surface area contributed by atoms with Gasteiger partial charge in [0, 0.05) is 5.75 Å². The number of aliphatic hydroxyl groups is 1. The van der Waals surface area contributed by atoms with E-state index in [9.17, 15) is 19.2 Å². The van der Waals surface area contributed by atoms with Crippen molar-refractivity contribution in [2.75, 3.05) is 12.4 Å². The highest BCUT2D eigenvalue weighted by molar-refractivity contribution is 7.80. The summed E-state index contributed by atoms with van der Waals surface area (Å²) >= 11 is 4.09. The number of nitrogens with one attached hydrogen (secondary N) is 3. The second kappa shape index (κ2) is 12.9. The van der Waals surface area contributed by atoms with Crippen LogP contribution in [0.3, 0.4) is 0 Å². The number of hydrogen-bond donors (Lipinski definition) is 7. The lowest BCUT2D eigenvalue weighted by Gasteiger charge is -2.26. The summed E-state index contributed by atoms with van der Waals surface area (Å²) in [5.41, 5.74) is 6.80. The molecule has 7 N–H and O–H groups in total. The largest absolute Gasteiger partial charge is 0.480 e. The summed E-state index contributed by atoms with van der Waals surface area (Å²) in [7, 11) is 0. The van der Waals surface area contributed by atoms with E-state index in [2.05, 4.69) is 28.6 Å². The van der Waals surface area contributed by atoms with Crippen molar-refractivity contribution >= 4 is 36.3 Å². The van der Waals surface area contributed by atoms with Crippen LogP contribution in [0.1, 0.15) is 19.4 Å². The molecule has 0 spiro atoms. The van der Waals surface area contributed by atoms with Gasteiger partial charge in [0.1, 0.15) is 18.1 Å². The van der Waals surface area contributed by atoms with Crippen LogP contribution in [0.4, 0.5) is 0 Å². The zero-order valence-corrected chi connectivity index (χ0v) is 18.3. The highest BCUT2D eigenvalue weighted by Crippen LogP contribution is 2.05. The minimum atomic E-state index is -1.50. The Morgan fingerprint density at radius 1 is 0.968 bits per heavy atom. The minimum absolute atomic E-state index is 0.0452. The van der Waals surface area contributed by atoms with Gasteiger partial charge in [-0.1, -0.05) is 44.2 Å². The van der Waals surface area contributed by atoms with Crippen molar-refractivity contribution < 1.29 is 29.4 Å². The van der Waals surface area contributed by atoms with Gasteiger partial charge in [-0.2, -0.15) is 12.6 Å². The predicted octanol–water partition coefficient (Wildman–Crippen LogP) is -1.33. The maximum absolute atomic E-state index is 12.6. The van der Waals surface area contributed by atoms with E-state index in [1.165, 1.54) is 0 Å². The van der Waals surface area contributed by atoms with Crippen LogP contribution in [-0.2, 0) is 25.6 Å². The van der Waals surface area contributed by atoms with E-state index in [0.717, 1.165) is 5.56 Å². The molecule has 0 aliphatic carbocycles. The number of aliphatic carboxylic acids is 1. The number of hydrogen-bond acceptors (Lipinski definition) is 7. The van der Waals surface area contributed by atoms with Crippen LogP contribution in [0.15, 0.2) is 30.3 Å². The molecular weight excluding hydrogens is 424 g/mol. The molecule has 31 heavy (non-hydrogen) atoms. The molecule has 1 aromatic carbocycles. The van der Waals surface area contributed by atoms with Gasteiger partial charge in [0.25, 0.3) is 0 Å². The molecule has 10 nitrogen and oxygen atoms in total. The lowest BCUT2D eigenvalue weighted by atomic mass is 10.0. The first kappa shape index (κ1) is 26.4.